The zero-order valence-corrected chi connectivity index (χ0v) is 10.2. The van der Waals surface area contributed by atoms with E-state index in [9.17, 15) is 4.79 Å². The summed E-state index contributed by atoms with van der Waals surface area (Å²) < 4.78 is 0. The molecule has 0 saturated heterocycles. The Bertz CT molecular complexity index is 279. The van der Waals surface area contributed by atoms with Crippen LogP contribution < -0.4 is 5.73 Å². The molecule has 0 radical (unpaired) electrons. The van der Waals surface area contributed by atoms with Crippen molar-refractivity contribution in [2.75, 3.05) is 0 Å². The van der Waals surface area contributed by atoms with Crippen molar-refractivity contribution in [1.82, 2.24) is 0 Å². The van der Waals surface area contributed by atoms with Gasteiger partial charge < -0.3 is 5.73 Å². The van der Waals surface area contributed by atoms with Gasteiger partial charge in [-0.2, -0.15) is 0 Å². The first kappa shape index (κ1) is 19.2. The lowest BCUT2D eigenvalue weighted by molar-refractivity contribution is 0.0999. The molecule has 0 aliphatic heterocycles. The zero-order chi connectivity index (χ0) is 8.27. The molecule has 1 aromatic carbocycles. The maximum atomic E-state index is 10.8. The molecule has 1 aromatic rings. The van der Waals surface area contributed by atoms with Gasteiger partial charge in [-0.1, -0.05) is 25.1 Å². The average Bonchev–Trinajstić information content (AvgIpc) is 2.04. The number of carbonyl (C=O) groups excluding carboxylic acids is 1. The van der Waals surface area contributed by atoms with E-state index in [2.05, 4.69) is 0 Å². The summed E-state index contributed by atoms with van der Waals surface area (Å²) >= 11 is 0. The molecule has 0 atom stereocenters. The van der Waals surface area contributed by atoms with E-state index in [-0.39, 0.29) is 43.1 Å². The first-order valence-electron chi connectivity index (χ1n) is 3.63. The van der Waals surface area contributed by atoms with Gasteiger partial charge in [-0.25, -0.2) is 0 Å². The third-order valence-electron chi connectivity index (χ3n) is 1.66. The molecule has 5 heteroatoms. The molecular formula is C9H14Cl3NO. The van der Waals surface area contributed by atoms with Gasteiger partial charge in [0.2, 0.25) is 5.91 Å². The van der Waals surface area contributed by atoms with E-state index in [1.54, 1.807) is 6.07 Å². The molecule has 0 aromatic heterocycles. The minimum absolute atomic E-state index is 0. The van der Waals surface area contributed by atoms with Crippen molar-refractivity contribution < 1.29 is 4.79 Å². The lowest BCUT2D eigenvalue weighted by Crippen LogP contribution is -2.13. The van der Waals surface area contributed by atoms with Crippen LogP contribution in [0, 0.1) is 0 Å². The van der Waals surface area contributed by atoms with Gasteiger partial charge >= 0.3 is 0 Å². The highest BCUT2D eigenvalue weighted by Crippen LogP contribution is 2.07. The molecule has 0 aliphatic rings. The van der Waals surface area contributed by atoms with Gasteiger partial charge in [-0.3, -0.25) is 4.79 Å². The third-order valence-corrected chi connectivity index (χ3v) is 1.66. The number of hydrogen-bond donors (Lipinski definition) is 1. The van der Waals surface area contributed by atoms with Crippen LogP contribution in [0.15, 0.2) is 24.3 Å². The molecular weight excluding hydrogens is 244 g/mol. The monoisotopic (exact) mass is 257 g/mol. The average molecular weight is 259 g/mol. The third kappa shape index (κ3) is 4.70. The van der Waals surface area contributed by atoms with Gasteiger partial charge in [0.1, 0.15) is 0 Å². The molecule has 1 amide bonds. The normalized spacial score (nSPS) is 7.50. The van der Waals surface area contributed by atoms with E-state index >= 15 is 0 Å². The lowest BCUT2D eigenvalue weighted by atomic mass is 10.1. The molecule has 0 bridgehead atoms. The number of aryl methyl sites for hydroxylation is 1. The van der Waals surface area contributed by atoms with Gasteiger partial charge in [0, 0.05) is 5.56 Å². The molecule has 0 unspecified atom stereocenters. The summed E-state index contributed by atoms with van der Waals surface area (Å²) in [6.07, 6.45) is 0.846. The van der Waals surface area contributed by atoms with Crippen LogP contribution in [0.3, 0.4) is 0 Å². The molecule has 0 saturated carbocycles. The summed E-state index contributed by atoms with van der Waals surface area (Å²) in [4.78, 5) is 10.8. The summed E-state index contributed by atoms with van der Waals surface area (Å²) in [6, 6.07) is 7.39. The Hall–Kier alpha value is -0.440. The van der Waals surface area contributed by atoms with Crippen molar-refractivity contribution in [2.24, 2.45) is 5.73 Å². The molecule has 82 valence electrons. The smallest absolute Gasteiger partial charge is 0.248 e. The molecule has 1 rings (SSSR count). The number of rotatable bonds is 2. The number of amides is 1. The van der Waals surface area contributed by atoms with Gasteiger partial charge in [-0.05, 0) is 18.1 Å². The second-order valence-corrected chi connectivity index (χ2v) is 2.37. The zero-order valence-electron chi connectivity index (χ0n) is 7.73. The Morgan fingerprint density at radius 2 is 1.71 bits per heavy atom. The van der Waals surface area contributed by atoms with Crippen LogP contribution in [0.2, 0.25) is 0 Å². The first-order valence-corrected chi connectivity index (χ1v) is 3.63. The van der Waals surface area contributed by atoms with Crippen molar-refractivity contribution in [3.63, 3.8) is 0 Å². The van der Waals surface area contributed by atoms with Crippen molar-refractivity contribution in [3.05, 3.63) is 35.4 Å². The SMILES string of the molecule is CCc1ccccc1C(N)=O.Cl.Cl.Cl. The first-order chi connectivity index (χ1) is 5.25. The van der Waals surface area contributed by atoms with Crippen LogP contribution in [0.4, 0.5) is 0 Å². The van der Waals surface area contributed by atoms with Gasteiger partial charge in [-0.15, -0.1) is 37.2 Å². The van der Waals surface area contributed by atoms with Crippen LogP contribution >= 0.6 is 37.2 Å². The Labute approximate surface area is 102 Å². The summed E-state index contributed by atoms with van der Waals surface area (Å²) in [5.41, 5.74) is 6.80. The van der Waals surface area contributed by atoms with Crippen molar-refractivity contribution in [2.45, 2.75) is 13.3 Å². The minimum Gasteiger partial charge on any atom is -0.366 e. The van der Waals surface area contributed by atoms with Crippen LogP contribution in [-0.2, 0) is 6.42 Å². The second-order valence-electron chi connectivity index (χ2n) is 2.37. The van der Waals surface area contributed by atoms with Gasteiger partial charge in [0.05, 0.1) is 0 Å². The highest BCUT2D eigenvalue weighted by Gasteiger charge is 2.03. The molecule has 14 heavy (non-hydrogen) atoms. The topological polar surface area (TPSA) is 43.1 Å². The lowest BCUT2D eigenvalue weighted by Gasteiger charge is -2.01. The standard InChI is InChI=1S/C9H11NO.3ClH/c1-2-7-5-3-4-6-8(7)9(10)11;;;/h3-6H,2H2,1H3,(H2,10,11);3*1H. The maximum Gasteiger partial charge on any atom is 0.248 e. The number of nitrogens with two attached hydrogens (primary N) is 1. The molecule has 0 aliphatic carbocycles. The summed E-state index contributed by atoms with van der Waals surface area (Å²) in [5, 5.41) is 0. The van der Waals surface area contributed by atoms with E-state index in [0.717, 1.165) is 12.0 Å². The highest BCUT2D eigenvalue weighted by atomic mass is 35.5. The fraction of sp³-hybridized carbons (Fsp3) is 0.222. The maximum absolute atomic E-state index is 10.8. The van der Waals surface area contributed by atoms with E-state index in [1.165, 1.54) is 0 Å². The molecule has 0 spiro atoms. The van der Waals surface area contributed by atoms with Crippen LogP contribution in [-0.4, -0.2) is 5.91 Å². The molecule has 0 fully saturated rings. The molecule has 2 nitrogen and oxygen atoms in total. The van der Waals surface area contributed by atoms with Crippen LogP contribution in [0.1, 0.15) is 22.8 Å². The van der Waals surface area contributed by atoms with E-state index in [4.69, 9.17) is 5.73 Å². The van der Waals surface area contributed by atoms with Crippen molar-refractivity contribution in [3.8, 4) is 0 Å². The van der Waals surface area contributed by atoms with E-state index in [1.807, 2.05) is 25.1 Å². The largest absolute Gasteiger partial charge is 0.366 e. The van der Waals surface area contributed by atoms with Crippen molar-refractivity contribution in [1.29, 1.82) is 0 Å². The second kappa shape index (κ2) is 9.13. The van der Waals surface area contributed by atoms with Crippen molar-refractivity contribution >= 4 is 43.1 Å². The predicted octanol–water partition coefficient (Wildman–Crippen LogP) is 2.61. The highest BCUT2D eigenvalue weighted by molar-refractivity contribution is 5.94. The van der Waals surface area contributed by atoms with Crippen LogP contribution in [0.5, 0.6) is 0 Å². The molecule has 2 N–H and O–H groups in total. The summed E-state index contributed by atoms with van der Waals surface area (Å²) in [6.45, 7) is 2.00. The van der Waals surface area contributed by atoms with Gasteiger partial charge in [0.25, 0.3) is 0 Å². The Morgan fingerprint density at radius 3 is 2.07 bits per heavy atom. The van der Waals surface area contributed by atoms with Gasteiger partial charge in [0.15, 0.2) is 0 Å². The summed E-state index contributed by atoms with van der Waals surface area (Å²) in [7, 11) is 0. The fourth-order valence-electron chi connectivity index (χ4n) is 1.07. The van der Waals surface area contributed by atoms with Crippen LogP contribution in [0.25, 0.3) is 0 Å². The summed E-state index contributed by atoms with van der Waals surface area (Å²) in [5.74, 6) is -0.345. The quantitative estimate of drug-likeness (QED) is 0.871. The number of benzene rings is 1. The Morgan fingerprint density at radius 1 is 1.21 bits per heavy atom. The fourth-order valence-corrected chi connectivity index (χ4v) is 1.07. The van der Waals surface area contributed by atoms with E-state index < -0.39 is 0 Å². The Balaban J connectivity index is -0.000000403. The molecule has 0 heterocycles. The Kier molecular flexibility index (Phi) is 12.5. The number of primary amides is 1. The minimum atomic E-state index is -0.345. The predicted molar refractivity (Wildman–Crippen MR) is 66.1 cm³/mol. The number of hydrogen-bond acceptors (Lipinski definition) is 1. The van der Waals surface area contributed by atoms with E-state index in [0.29, 0.717) is 5.56 Å². The number of halogens is 3. The number of carbonyl (C=O) groups is 1.